The molecule has 0 saturated heterocycles. The lowest BCUT2D eigenvalue weighted by atomic mass is 9.97. The Morgan fingerprint density at radius 2 is 1.17 bits per heavy atom. The second-order valence-electron chi connectivity index (χ2n) is 6.15. The molecule has 0 saturated carbocycles. The van der Waals surface area contributed by atoms with Gasteiger partial charge in [0, 0.05) is 16.5 Å². The van der Waals surface area contributed by atoms with Gasteiger partial charge in [-0.05, 0) is 31.0 Å². The minimum atomic E-state index is 1.18. The number of aromatic nitrogens is 1. The van der Waals surface area contributed by atoms with Gasteiger partial charge >= 0.3 is 0 Å². The van der Waals surface area contributed by atoms with Gasteiger partial charge < -0.3 is 4.98 Å². The van der Waals surface area contributed by atoms with Crippen molar-refractivity contribution in [3.63, 3.8) is 0 Å². The van der Waals surface area contributed by atoms with Crippen LogP contribution >= 0.6 is 0 Å². The highest BCUT2D eigenvalue weighted by atomic mass is 14.7. The van der Waals surface area contributed by atoms with E-state index in [0.29, 0.717) is 0 Å². The molecule has 0 bridgehead atoms. The summed E-state index contributed by atoms with van der Waals surface area (Å²) in [4.78, 5) is 3.61. The van der Waals surface area contributed by atoms with Gasteiger partial charge in [-0.25, -0.2) is 0 Å². The van der Waals surface area contributed by atoms with E-state index in [9.17, 15) is 0 Å². The van der Waals surface area contributed by atoms with Crippen molar-refractivity contribution in [1.82, 2.24) is 4.98 Å². The summed E-state index contributed by atoms with van der Waals surface area (Å²) >= 11 is 0. The van der Waals surface area contributed by atoms with E-state index in [-0.39, 0.29) is 0 Å². The molecule has 1 heterocycles. The summed E-state index contributed by atoms with van der Waals surface area (Å²) in [6, 6.07) is 26.0. The van der Waals surface area contributed by atoms with Crippen LogP contribution in [0.3, 0.4) is 0 Å². The molecule has 1 heteroatoms. The quantitative estimate of drug-likeness (QED) is 0.459. The summed E-state index contributed by atoms with van der Waals surface area (Å²) in [5, 5.41) is 1.27. The van der Waals surface area contributed by atoms with Crippen LogP contribution in [0.25, 0.3) is 33.3 Å². The molecule has 1 nitrogen and oxygen atoms in total. The highest BCUT2D eigenvalue weighted by Gasteiger charge is 2.14. The van der Waals surface area contributed by atoms with Crippen LogP contribution in [-0.2, 0) is 0 Å². The average Bonchev–Trinajstić information content (AvgIpc) is 2.96. The highest BCUT2D eigenvalue weighted by Crippen LogP contribution is 2.38. The van der Waals surface area contributed by atoms with Gasteiger partial charge in [0.2, 0.25) is 0 Å². The SMILES string of the molecule is Cc1ccc(-c2[nH]c3ccccc3c2-c2ccc(C)cc2)cc1. The van der Waals surface area contributed by atoms with Crippen molar-refractivity contribution in [2.24, 2.45) is 0 Å². The van der Waals surface area contributed by atoms with Crippen LogP contribution in [0, 0.1) is 13.8 Å². The molecule has 0 aliphatic heterocycles. The summed E-state index contributed by atoms with van der Waals surface area (Å²) in [6.07, 6.45) is 0. The van der Waals surface area contributed by atoms with E-state index < -0.39 is 0 Å². The molecule has 1 N–H and O–H groups in total. The Morgan fingerprint density at radius 1 is 0.609 bits per heavy atom. The number of benzene rings is 3. The van der Waals surface area contributed by atoms with Crippen LogP contribution in [0.5, 0.6) is 0 Å². The fraction of sp³-hybridized carbons (Fsp3) is 0.0909. The minimum absolute atomic E-state index is 1.18. The molecule has 0 aliphatic rings. The Morgan fingerprint density at radius 3 is 1.83 bits per heavy atom. The fourth-order valence-corrected chi connectivity index (χ4v) is 3.10. The molecule has 0 unspecified atom stereocenters. The lowest BCUT2D eigenvalue weighted by Crippen LogP contribution is -1.84. The third-order valence-corrected chi connectivity index (χ3v) is 4.39. The molecule has 0 fully saturated rings. The van der Waals surface area contributed by atoms with Crippen molar-refractivity contribution < 1.29 is 0 Å². The molecular weight excluding hydrogens is 278 g/mol. The van der Waals surface area contributed by atoms with Gasteiger partial charge in [0.1, 0.15) is 0 Å². The topological polar surface area (TPSA) is 15.8 Å². The number of hydrogen-bond acceptors (Lipinski definition) is 0. The van der Waals surface area contributed by atoms with Crippen LogP contribution in [0.15, 0.2) is 72.8 Å². The van der Waals surface area contributed by atoms with Crippen LogP contribution in [-0.4, -0.2) is 4.98 Å². The number of para-hydroxylation sites is 1. The van der Waals surface area contributed by atoms with Gasteiger partial charge in [-0.3, -0.25) is 0 Å². The predicted octanol–water partition coefficient (Wildman–Crippen LogP) is 6.12. The number of aromatic amines is 1. The van der Waals surface area contributed by atoms with Crippen molar-refractivity contribution >= 4 is 10.9 Å². The van der Waals surface area contributed by atoms with Crippen molar-refractivity contribution in [3.05, 3.63) is 83.9 Å². The summed E-state index contributed by atoms with van der Waals surface area (Å²) in [5.74, 6) is 0. The van der Waals surface area contributed by atoms with Gasteiger partial charge in [0.25, 0.3) is 0 Å². The molecule has 112 valence electrons. The Hall–Kier alpha value is -2.80. The van der Waals surface area contributed by atoms with Crippen molar-refractivity contribution in [1.29, 1.82) is 0 Å². The summed E-state index contributed by atoms with van der Waals surface area (Å²) < 4.78 is 0. The molecule has 0 radical (unpaired) electrons. The molecule has 23 heavy (non-hydrogen) atoms. The van der Waals surface area contributed by atoms with Gasteiger partial charge in [0.15, 0.2) is 0 Å². The summed E-state index contributed by atoms with van der Waals surface area (Å²) in [5.41, 5.74) is 8.69. The van der Waals surface area contributed by atoms with E-state index >= 15 is 0 Å². The number of fused-ring (bicyclic) bond motifs is 1. The van der Waals surface area contributed by atoms with E-state index in [1.165, 1.54) is 44.4 Å². The molecular formula is C22H19N. The van der Waals surface area contributed by atoms with E-state index in [1.54, 1.807) is 0 Å². The summed E-state index contributed by atoms with van der Waals surface area (Å²) in [6.45, 7) is 4.25. The first-order valence-electron chi connectivity index (χ1n) is 7.97. The lowest BCUT2D eigenvalue weighted by molar-refractivity contribution is 1.42. The molecule has 0 atom stereocenters. The van der Waals surface area contributed by atoms with Crippen LogP contribution in [0.1, 0.15) is 11.1 Å². The predicted molar refractivity (Wildman–Crippen MR) is 98.6 cm³/mol. The fourth-order valence-electron chi connectivity index (χ4n) is 3.10. The third kappa shape index (κ3) is 2.44. The zero-order chi connectivity index (χ0) is 15.8. The number of rotatable bonds is 2. The molecule has 4 aromatic rings. The first-order chi connectivity index (χ1) is 11.2. The first kappa shape index (κ1) is 13.8. The Labute approximate surface area is 136 Å². The number of nitrogens with one attached hydrogen (secondary N) is 1. The maximum atomic E-state index is 3.61. The largest absolute Gasteiger partial charge is 0.354 e. The van der Waals surface area contributed by atoms with E-state index in [1.807, 2.05) is 0 Å². The molecule has 4 rings (SSSR count). The molecule has 0 aliphatic carbocycles. The summed E-state index contributed by atoms with van der Waals surface area (Å²) in [7, 11) is 0. The van der Waals surface area contributed by atoms with Crippen LogP contribution < -0.4 is 0 Å². The van der Waals surface area contributed by atoms with Gasteiger partial charge in [-0.15, -0.1) is 0 Å². The van der Waals surface area contributed by atoms with Crippen molar-refractivity contribution in [2.75, 3.05) is 0 Å². The maximum absolute atomic E-state index is 3.61. The molecule has 0 amide bonds. The molecule has 1 aromatic heterocycles. The Balaban J connectivity index is 2.01. The lowest BCUT2D eigenvalue weighted by Gasteiger charge is -2.07. The Bertz CT molecular complexity index is 957. The maximum Gasteiger partial charge on any atom is 0.0544 e. The minimum Gasteiger partial charge on any atom is -0.354 e. The second kappa shape index (κ2) is 5.44. The van der Waals surface area contributed by atoms with Crippen LogP contribution in [0.4, 0.5) is 0 Å². The van der Waals surface area contributed by atoms with E-state index in [4.69, 9.17) is 0 Å². The smallest absolute Gasteiger partial charge is 0.0544 e. The number of hydrogen-bond donors (Lipinski definition) is 1. The van der Waals surface area contributed by atoms with Gasteiger partial charge in [0.05, 0.1) is 5.69 Å². The number of aryl methyl sites for hydroxylation is 2. The second-order valence-corrected chi connectivity index (χ2v) is 6.15. The van der Waals surface area contributed by atoms with Gasteiger partial charge in [-0.2, -0.15) is 0 Å². The third-order valence-electron chi connectivity index (χ3n) is 4.39. The first-order valence-corrected chi connectivity index (χ1v) is 7.97. The number of H-pyrrole nitrogens is 1. The van der Waals surface area contributed by atoms with Crippen molar-refractivity contribution in [3.8, 4) is 22.4 Å². The standard InChI is InChI=1S/C22H19N/c1-15-7-11-17(12-8-15)21-19-5-3-4-6-20(19)23-22(21)18-13-9-16(2)10-14-18/h3-14,23H,1-2H3. The molecule has 3 aromatic carbocycles. The zero-order valence-corrected chi connectivity index (χ0v) is 13.4. The monoisotopic (exact) mass is 297 g/mol. The van der Waals surface area contributed by atoms with Crippen molar-refractivity contribution in [2.45, 2.75) is 13.8 Å². The van der Waals surface area contributed by atoms with E-state index in [0.717, 1.165) is 0 Å². The van der Waals surface area contributed by atoms with Crippen LogP contribution in [0.2, 0.25) is 0 Å². The van der Waals surface area contributed by atoms with E-state index in [2.05, 4.69) is 91.6 Å². The molecule has 0 spiro atoms. The van der Waals surface area contributed by atoms with Gasteiger partial charge in [-0.1, -0.05) is 77.9 Å². The zero-order valence-electron chi connectivity index (χ0n) is 13.4. The normalized spacial score (nSPS) is 11.0. The average molecular weight is 297 g/mol. The highest BCUT2D eigenvalue weighted by molar-refractivity contribution is 6.03. The Kier molecular flexibility index (Phi) is 3.27.